The van der Waals surface area contributed by atoms with E-state index in [1.807, 2.05) is 66.2 Å². The molecule has 0 unspecified atom stereocenters. The van der Waals surface area contributed by atoms with E-state index in [2.05, 4.69) is 11.8 Å². The van der Waals surface area contributed by atoms with Crippen molar-refractivity contribution in [2.75, 3.05) is 7.11 Å². The van der Waals surface area contributed by atoms with Crippen molar-refractivity contribution in [3.05, 3.63) is 71.4 Å². The number of fused-ring (bicyclic) bond motifs is 1. The van der Waals surface area contributed by atoms with Crippen LogP contribution in [0, 0.1) is 11.8 Å². The van der Waals surface area contributed by atoms with Gasteiger partial charge in [0.2, 0.25) is 0 Å². The molecule has 0 aliphatic heterocycles. The van der Waals surface area contributed by atoms with Crippen molar-refractivity contribution in [2.24, 2.45) is 7.05 Å². The summed E-state index contributed by atoms with van der Waals surface area (Å²) in [6.07, 6.45) is 0. The summed E-state index contributed by atoms with van der Waals surface area (Å²) in [5.74, 6) is 5.87. The molecule has 0 amide bonds. The molecule has 3 heteroatoms. The van der Waals surface area contributed by atoms with Gasteiger partial charge in [0.1, 0.15) is 5.69 Å². The average molecular weight is 289 g/mol. The van der Waals surface area contributed by atoms with Crippen molar-refractivity contribution in [3.8, 4) is 11.8 Å². The Kier molecular flexibility index (Phi) is 3.67. The lowest BCUT2D eigenvalue weighted by Gasteiger charge is -2.02. The van der Waals surface area contributed by atoms with Crippen molar-refractivity contribution >= 4 is 16.9 Å². The molecule has 0 aliphatic carbocycles. The summed E-state index contributed by atoms with van der Waals surface area (Å²) in [4.78, 5) is 12.1. The van der Waals surface area contributed by atoms with E-state index < -0.39 is 0 Å². The van der Waals surface area contributed by atoms with Crippen LogP contribution in [0.3, 0.4) is 0 Å². The van der Waals surface area contributed by atoms with Crippen LogP contribution in [0.25, 0.3) is 10.9 Å². The number of nitrogens with zero attached hydrogens (tertiary/aromatic N) is 1. The Bertz CT molecular complexity index is 896. The van der Waals surface area contributed by atoms with Gasteiger partial charge in [0.15, 0.2) is 0 Å². The number of para-hydroxylation sites is 1. The molecule has 22 heavy (non-hydrogen) atoms. The predicted molar refractivity (Wildman–Crippen MR) is 86.7 cm³/mol. The van der Waals surface area contributed by atoms with Crippen LogP contribution in [0.4, 0.5) is 0 Å². The molecule has 0 fully saturated rings. The number of aromatic nitrogens is 1. The van der Waals surface area contributed by atoms with Gasteiger partial charge >= 0.3 is 5.97 Å². The maximum absolute atomic E-state index is 12.1. The molecule has 108 valence electrons. The van der Waals surface area contributed by atoms with E-state index >= 15 is 0 Å². The zero-order valence-corrected chi connectivity index (χ0v) is 12.5. The van der Waals surface area contributed by atoms with Gasteiger partial charge in [-0.05, 0) is 18.2 Å². The van der Waals surface area contributed by atoms with E-state index in [-0.39, 0.29) is 5.97 Å². The summed E-state index contributed by atoms with van der Waals surface area (Å²) in [7, 11) is 3.23. The number of carbonyl (C=O) groups is 1. The van der Waals surface area contributed by atoms with Crippen molar-refractivity contribution in [3.63, 3.8) is 0 Å². The second-order valence-electron chi connectivity index (χ2n) is 4.91. The molecule has 3 rings (SSSR count). The Labute approximate surface area is 129 Å². The van der Waals surface area contributed by atoms with Crippen LogP contribution in [0.1, 0.15) is 21.6 Å². The molecule has 0 saturated heterocycles. The normalized spacial score (nSPS) is 10.1. The molecule has 3 nitrogen and oxygen atoms in total. The van der Waals surface area contributed by atoms with Crippen molar-refractivity contribution < 1.29 is 9.53 Å². The second kappa shape index (κ2) is 5.79. The fourth-order valence-corrected chi connectivity index (χ4v) is 2.51. The van der Waals surface area contributed by atoms with Gasteiger partial charge in [-0.1, -0.05) is 48.2 Å². The first-order chi connectivity index (χ1) is 10.7. The Morgan fingerprint density at radius 2 is 1.68 bits per heavy atom. The topological polar surface area (TPSA) is 31.2 Å². The summed E-state index contributed by atoms with van der Waals surface area (Å²) < 4.78 is 6.74. The monoisotopic (exact) mass is 289 g/mol. The third-order valence-electron chi connectivity index (χ3n) is 3.59. The predicted octanol–water partition coefficient (Wildman–Crippen LogP) is 3.36. The second-order valence-corrected chi connectivity index (χ2v) is 4.91. The van der Waals surface area contributed by atoms with E-state index in [9.17, 15) is 4.79 Å². The number of rotatable bonds is 1. The molecule has 3 aromatic rings. The minimum Gasteiger partial charge on any atom is -0.464 e. The smallest absolute Gasteiger partial charge is 0.356 e. The van der Waals surface area contributed by atoms with Crippen LogP contribution >= 0.6 is 0 Å². The van der Waals surface area contributed by atoms with Crippen LogP contribution < -0.4 is 0 Å². The van der Waals surface area contributed by atoms with Crippen LogP contribution in [-0.2, 0) is 11.8 Å². The zero-order valence-electron chi connectivity index (χ0n) is 12.5. The number of aryl methyl sites for hydroxylation is 1. The molecule has 1 heterocycles. The Balaban J connectivity index is 2.24. The van der Waals surface area contributed by atoms with Crippen molar-refractivity contribution in [1.29, 1.82) is 0 Å². The lowest BCUT2D eigenvalue weighted by atomic mass is 10.1. The van der Waals surface area contributed by atoms with Crippen LogP contribution in [-0.4, -0.2) is 17.6 Å². The minimum atomic E-state index is -0.379. The average Bonchev–Trinajstić information content (AvgIpc) is 2.86. The first-order valence-corrected chi connectivity index (χ1v) is 6.95. The molecular weight excluding hydrogens is 274 g/mol. The van der Waals surface area contributed by atoms with Crippen molar-refractivity contribution in [1.82, 2.24) is 4.57 Å². The quantitative estimate of drug-likeness (QED) is 0.508. The molecule has 2 aromatic carbocycles. The SMILES string of the molecule is COC(=O)c1c(C#Cc2ccccc2)c2ccccc2n1C. The van der Waals surface area contributed by atoms with Gasteiger partial charge in [0, 0.05) is 23.5 Å². The Morgan fingerprint density at radius 3 is 2.41 bits per heavy atom. The van der Waals surface area contributed by atoms with Crippen LogP contribution in [0.5, 0.6) is 0 Å². The number of benzene rings is 2. The van der Waals surface area contributed by atoms with E-state index in [1.54, 1.807) is 0 Å². The summed E-state index contributed by atoms with van der Waals surface area (Å²) in [6, 6.07) is 17.5. The lowest BCUT2D eigenvalue weighted by molar-refractivity contribution is 0.0590. The maximum Gasteiger partial charge on any atom is 0.356 e. The van der Waals surface area contributed by atoms with E-state index in [4.69, 9.17) is 4.74 Å². The van der Waals surface area contributed by atoms with Gasteiger partial charge in [0.25, 0.3) is 0 Å². The van der Waals surface area contributed by atoms with E-state index in [0.29, 0.717) is 11.3 Å². The van der Waals surface area contributed by atoms with E-state index in [0.717, 1.165) is 16.5 Å². The van der Waals surface area contributed by atoms with Gasteiger partial charge in [-0.25, -0.2) is 4.79 Å². The van der Waals surface area contributed by atoms with Crippen LogP contribution in [0.15, 0.2) is 54.6 Å². The fourth-order valence-electron chi connectivity index (χ4n) is 2.51. The number of hydrogen-bond acceptors (Lipinski definition) is 2. The highest BCUT2D eigenvalue weighted by atomic mass is 16.5. The number of carbonyl (C=O) groups excluding carboxylic acids is 1. The number of esters is 1. The molecule has 1 aromatic heterocycles. The Hall–Kier alpha value is -2.99. The first kappa shape index (κ1) is 14.0. The van der Waals surface area contributed by atoms with Gasteiger partial charge < -0.3 is 9.30 Å². The summed E-state index contributed by atoms with van der Waals surface area (Å²) >= 11 is 0. The molecule has 0 atom stereocenters. The number of ether oxygens (including phenoxy) is 1. The highest BCUT2D eigenvalue weighted by Crippen LogP contribution is 2.25. The molecular formula is C19H15NO2. The summed E-state index contributed by atoms with van der Waals surface area (Å²) in [6.45, 7) is 0. The van der Waals surface area contributed by atoms with E-state index in [1.165, 1.54) is 7.11 Å². The lowest BCUT2D eigenvalue weighted by Crippen LogP contribution is -2.09. The molecule has 0 saturated carbocycles. The third kappa shape index (κ3) is 2.36. The van der Waals surface area contributed by atoms with Crippen LogP contribution in [0.2, 0.25) is 0 Å². The largest absolute Gasteiger partial charge is 0.464 e. The van der Waals surface area contributed by atoms with Gasteiger partial charge in [-0.2, -0.15) is 0 Å². The zero-order chi connectivity index (χ0) is 15.5. The fraction of sp³-hybridized carbons (Fsp3) is 0.105. The van der Waals surface area contributed by atoms with Gasteiger partial charge in [-0.3, -0.25) is 0 Å². The molecule has 0 bridgehead atoms. The number of methoxy groups -OCH3 is 1. The third-order valence-corrected chi connectivity index (χ3v) is 3.59. The summed E-state index contributed by atoms with van der Waals surface area (Å²) in [5.41, 5.74) is 3.05. The van der Waals surface area contributed by atoms with Crippen molar-refractivity contribution in [2.45, 2.75) is 0 Å². The minimum absolute atomic E-state index is 0.379. The standard InChI is InChI=1S/C19H15NO2/c1-20-17-11-7-6-10-15(17)16(18(20)19(21)22-2)13-12-14-8-4-3-5-9-14/h3-11H,1-2H3. The molecule has 0 N–H and O–H groups in total. The van der Waals surface area contributed by atoms with Gasteiger partial charge in [0.05, 0.1) is 12.7 Å². The highest BCUT2D eigenvalue weighted by molar-refractivity contribution is 6.01. The molecule has 0 aliphatic rings. The maximum atomic E-state index is 12.1. The molecule has 0 spiro atoms. The van der Waals surface area contributed by atoms with Gasteiger partial charge in [-0.15, -0.1) is 0 Å². The highest BCUT2D eigenvalue weighted by Gasteiger charge is 2.20. The summed E-state index contributed by atoms with van der Waals surface area (Å²) in [5, 5.41) is 0.953. The number of hydrogen-bond donors (Lipinski definition) is 0. The first-order valence-electron chi connectivity index (χ1n) is 6.95. The molecule has 0 radical (unpaired) electrons. The Morgan fingerprint density at radius 1 is 1.00 bits per heavy atom.